The van der Waals surface area contributed by atoms with Crippen LogP contribution in [-0.4, -0.2) is 45.7 Å². The summed E-state index contributed by atoms with van der Waals surface area (Å²) in [6.45, 7) is 8.31. The first-order valence-corrected chi connectivity index (χ1v) is 11.8. The summed E-state index contributed by atoms with van der Waals surface area (Å²) in [6, 6.07) is 6.84. The Balaban J connectivity index is 1.87. The molecule has 2 aromatic heterocycles. The van der Waals surface area contributed by atoms with Crippen molar-refractivity contribution >= 4 is 21.8 Å². The van der Waals surface area contributed by atoms with Gasteiger partial charge in [-0.05, 0) is 26.0 Å². The first-order valence-electron chi connectivity index (χ1n) is 9.34. The molecule has 0 bridgehead atoms. The molecule has 0 saturated carbocycles. The van der Waals surface area contributed by atoms with Gasteiger partial charge in [0.25, 0.3) is 0 Å². The van der Waals surface area contributed by atoms with Gasteiger partial charge in [0.1, 0.15) is 5.76 Å². The molecule has 0 aliphatic carbocycles. The predicted octanol–water partition coefficient (Wildman–Crippen LogP) is 3.41. The van der Waals surface area contributed by atoms with Crippen LogP contribution >= 0.6 is 11.8 Å². The van der Waals surface area contributed by atoms with Crippen molar-refractivity contribution in [2.45, 2.75) is 43.5 Å². The first kappa shape index (κ1) is 21.5. The molecule has 1 aromatic carbocycles. The van der Waals surface area contributed by atoms with Crippen LogP contribution in [0.25, 0.3) is 11.4 Å². The molecule has 29 heavy (non-hydrogen) atoms. The number of hydrogen-bond donors (Lipinski definition) is 0. The molecule has 0 aliphatic heterocycles. The van der Waals surface area contributed by atoms with Gasteiger partial charge in [-0.15, -0.1) is 10.2 Å². The van der Waals surface area contributed by atoms with Crippen LogP contribution in [0.2, 0.25) is 0 Å². The van der Waals surface area contributed by atoms with Gasteiger partial charge in [-0.1, -0.05) is 42.9 Å². The Kier molecular flexibility index (Phi) is 6.45. The van der Waals surface area contributed by atoms with E-state index >= 15 is 0 Å². The van der Waals surface area contributed by atoms with Crippen LogP contribution in [0.5, 0.6) is 0 Å². The number of aryl methyl sites for hydroxylation is 2. The number of hydrogen-bond acceptors (Lipinski definition) is 7. The van der Waals surface area contributed by atoms with E-state index in [9.17, 15) is 8.42 Å². The molecule has 0 saturated heterocycles. The minimum atomic E-state index is -3.53. The Morgan fingerprint density at radius 3 is 2.52 bits per heavy atom. The van der Waals surface area contributed by atoms with Crippen LogP contribution in [-0.2, 0) is 22.8 Å². The Bertz CT molecular complexity index is 1080. The van der Waals surface area contributed by atoms with E-state index in [0.717, 1.165) is 22.2 Å². The molecule has 0 radical (unpaired) electrons. The number of sulfonamides is 1. The summed E-state index contributed by atoms with van der Waals surface area (Å²) in [6.07, 6.45) is 0. The van der Waals surface area contributed by atoms with Crippen LogP contribution < -0.4 is 0 Å². The normalized spacial score (nSPS) is 12.1. The lowest BCUT2D eigenvalue weighted by molar-refractivity contribution is 0.392. The van der Waals surface area contributed by atoms with E-state index in [1.54, 1.807) is 18.2 Å². The number of thioether (sulfide) groups is 1. The summed E-state index contributed by atoms with van der Waals surface area (Å²) in [5, 5.41) is 13.3. The molecule has 0 atom stereocenters. The molecule has 0 N–H and O–H groups in total. The molecule has 8 nitrogen and oxygen atoms in total. The molecule has 0 unspecified atom stereocenters. The zero-order valence-corrected chi connectivity index (χ0v) is 18.8. The van der Waals surface area contributed by atoms with E-state index in [2.05, 4.69) is 15.4 Å². The highest BCUT2D eigenvalue weighted by molar-refractivity contribution is 7.98. The summed E-state index contributed by atoms with van der Waals surface area (Å²) < 4.78 is 34.2. The Labute approximate surface area is 175 Å². The van der Waals surface area contributed by atoms with Crippen molar-refractivity contribution in [1.82, 2.24) is 24.2 Å². The number of benzene rings is 1. The van der Waals surface area contributed by atoms with E-state index in [4.69, 9.17) is 4.52 Å². The Morgan fingerprint density at radius 1 is 1.17 bits per heavy atom. The third kappa shape index (κ3) is 4.24. The molecule has 0 fully saturated rings. The topological polar surface area (TPSA) is 94.1 Å². The molecule has 2 heterocycles. The summed E-state index contributed by atoms with van der Waals surface area (Å²) >= 11 is 1.53. The lowest BCUT2D eigenvalue weighted by Crippen LogP contribution is -2.30. The van der Waals surface area contributed by atoms with Crippen molar-refractivity contribution in [2.75, 3.05) is 13.1 Å². The largest absolute Gasteiger partial charge is 0.361 e. The molecule has 10 heteroatoms. The fourth-order valence-electron chi connectivity index (χ4n) is 3.04. The average Bonchev–Trinajstić information content (AvgIpc) is 3.23. The maximum absolute atomic E-state index is 12.8. The van der Waals surface area contributed by atoms with E-state index in [0.29, 0.717) is 30.2 Å². The molecular weight excluding hydrogens is 410 g/mol. The zero-order valence-electron chi connectivity index (χ0n) is 17.2. The first-order chi connectivity index (χ1) is 13.8. The summed E-state index contributed by atoms with van der Waals surface area (Å²) in [5.74, 6) is 2.08. The highest BCUT2D eigenvalue weighted by atomic mass is 32.2. The van der Waals surface area contributed by atoms with Crippen LogP contribution in [0.1, 0.15) is 30.9 Å². The standard InChI is InChI=1S/C19H25N5O3S2/c1-6-24(7-2)29(25,26)16-10-8-9-15(11-16)18-20-21-19(23(18)5)28-12-17-13(3)22-27-14(17)4/h8-11H,6-7,12H2,1-5H3. The van der Waals surface area contributed by atoms with Gasteiger partial charge in [0.2, 0.25) is 10.0 Å². The molecule has 0 amide bonds. The zero-order chi connectivity index (χ0) is 21.2. The Morgan fingerprint density at radius 2 is 1.90 bits per heavy atom. The number of rotatable bonds is 8. The van der Waals surface area contributed by atoms with Crippen LogP contribution in [0.4, 0.5) is 0 Å². The summed E-state index contributed by atoms with van der Waals surface area (Å²) in [5.41, 5.74) is 2.62. The second-order valence-electron chi connectivity index (χ2n) is 6.57. The minimum absolute atomic E-state index is 0.256. The smallest absolute Gasteiger partial charge is 0.243 e. The molecular formula is C19H25N5O3S2. The average molecular weight is 436 g/mol. The number of nitrogens with zero attached hydrogens (tertiary/aromatic N) is 5. The van der Waals surface area contributed by atoms with E-state index < -0.39 is 10.0 Å². The van der Waals surface area contributed by atoms with Gasteiger partial charge < -0.3 is 9.09 Å². The van der Waals surface area contributed by atoms with Gasteiger partial charge in [0.05, 0.1) is 10.6 Å². The molecule has 0 aliphatic rings. The SMILES string of the molecule is CCN(CC)S(=O)(=O)c1cccc(-c2nnc(SCc3c(C)noc3C)n2C)c1. The predicted molar refractivity (Wildman–Crippen MR) is 112 cm³/mol. The van der Waals surface area contributed by atoms with E-state index in [1.165, 1.54) is 16.1 Å². The van der Waals surface area contributed by atoms with Crippen molar-refractivity contribution in [3.05, 3.63) is 41.3 Å². The summed E-state index contributed by atoms with van der Waals surface area (Å²) in [4.78, 5) is 0.256. The van der Waals surface area contributed by atoms with Gasteiger partial charge in [0.15, 0.2) is 11.0 Å². The second kappa shape index (κ2) is 8.68. The maximum atomic E-state index is 12.8. The molecule has 3 aromatic rings. The van der Waals surface area contributed by atoms with E-state index in [1.807, 2.05) is 45.4 Å². The molecule has 156 valence electrons. The Hall–Kier alpha value is -2.17. The quantitative estimate of drug-likeness (QED) is 0.500. The van der Waals surface area contributed by atoms with Crippen LogP contribution in [0, 0.1) is 13.8 Å². The van der Waals surface area contributed by atoms with Gasteiger partial charge in [-0.25, -0.2) is 8.42 Å². The third-order valence-electron chi connectivity index (χ3n) is 4.80. The minimum Gasteiger partial charge on any atom is -0.361 e. The van der Waals surface area contributed by atoms with Crippen molar-refractivity contribution in [2.24, 2.45) is 7.05 Å². The third-order valence-corrected chi connectivity index (χ3v) is 7.89. The lowest BCUT2D eigenvalue weighted by atomic mass is 10.2. The molecule has 0 spiro atoms. The van der Waals surface area contributed by atoms with Crippen molar-refractivity contribution in [3.63, 3.8) is 0 Å². The van der Waals surface area contributed by atoms with Crippen LogP contribution in [0.3, 0.4) is 0 Å². The number of aromatic nitrogens is 4. The van der Waals surface area contributed by atoms with Gasteiger partial charge in [-0.3, -0.25) is 0 Å². The van der Waals surface area contributed by atoms with Gasteiger partial charge in [0, 0.05) is 37.0 Å². The summed E-state index contributed by atoms with van der Waals surface area (Å²) in [7, 11) is -1.66. The fourth-order valence-corrected chi connectivity index (χ4v) is 5.61. The lowest BCUT2D eigenvalue weighted by Gasteiger charge is -2.18. The fraction of sp³-hybridized carbons (Fsp3) is 0.421. The highest BCUT2D eigenvalue weighted by Crippen LogP contribution is 2.28. The van der Waals surface area contributed by atoms with Crippen molar-refractivity contribution in [1.29, 1.82) is 0 Å². The van der Waals surface area contributed by atoms with Gasteiger partial charge >= 0.3 is 0 Å². The maximum Gasteiger partial charge on any atom is 0.243 e. The monoisotopic (exact) mass is 435 g/mol. The van der Waals surface area contributed by atoms with Crippen LogP contribution in [0.15, 0.2) is 38.8 Å². The highest BCUT2D eigenvalue weighted by Gasteiger charge is 2.23. The van der Waals surface area contributed by atoms with Crippen molar-refractivity contribution < 1.29 is 12.9 Å². The second-order valence-corrected chi connectivity index (χ2v) is 9.45. The van der Waals surface area contributed by atoms with Gasteiger partial charge in [-0.2, -0.15) is 4.31 Å². The van der Waals surface area contributed by atoms with E-state index in [-0.39, 0.29) is 4.90 Å². The molecule has 3 rings (SSSR count). The van der Waals surface area contributed by atoms with Crippen molar-refractivity contribution in [3.8, 4) is 11.4 Å².